The largest absolute Gasteiger partial charge is 0.308 e. The first-order valence-electron chi connectivity index (χ1n) is 5.51. The van der Waals surface area contributed by atoms with Crippen molar-refractivity contribution in [3.05, 3.63) is 27.4 Å². The van der Waals surface area contributed by atoms with Gasteiger partial charge < -0.3 is 4.90 Å². The van der Waals surface area contributed by atoms with Crippen LogP contribution in [0, 0.1) is 5.82 Å². The summed E-state index contributed by atoms with van der Waals surface area (Å²) >= 11 is 10.0. The second kappa shape index (κ2) is 5.81. The van der Waals surface area contributed by atoms with Crippen LogP contribution in [-0.2, 0) is 9.59 Å². The summed E-state index contributed by atoms with van der Waals surface area (Å²) in [4.78, 5) is 24.3. The van der Waals surface area contributed by atoms with E-state index in [0.29, 0.717) is 11.0 Å². The lowest BCUT2D eigenvalue weighted by Crippen LogP contribution is -2.26. The van der Waals surface area contributed by atoms with Crippen LogP contribution in [0.1, 0.15) is 13.3 Å². The lowest BCUT2D eigenvalue weighted by Gasteiger charge is -2.18. The molecule has 1 amide bonds. The summed E-state index contributed by atoms with van der Waals surface area (Å²) in [5.74, 6) is -0.825. The van der Waals surface area contributed by atoms with E-state index in [0.717, 1.165) is 11.8 Å². The van der Waals surface area contributed by atoms with Crippen molar-refractivity contribution in [2.24, 2.45) is 0 Å². The number of anilines is 1. The maximum absolute atomic E-state index is 14.0. The molecule has 1 aliphatic heterocycles. The summed E-state index contributed by atoms with van der Waals surface area (Å²) in [5.41, 5.74) is 0.157. The molecule has 0 radical (unpaired) electrons. The van der Waals surface area contributed by atoms with Gasteiger partial charge in [-0.25, -0.2) is 4.39 Å². The third-order valence-electron chi connectivity index (χ3n) is 2.73. The zero-order chi connectivity index (χ0) is 14.2. The Kier molecular flexibility index (Phi) is 4.53. The molecule has 0 N–H and O–H groups in total. The highest BCUT2D eigenvalue weighted by Gasteiger charge is 2.33. The van der Waals surface area contributed by atoms with Crippen LogP contribution < -0.4 is 4.90 Å². The van der Waals surface area contributed by atoms with Crippen LogP contribution in [-0.4, -0.2) is 22.8 Å². The molecule has 1 saturated heterocycles. The van der Waals surface area contributed by atoms with Gasteiger partial charge in [0.05, 0.1) is 10.7 Å². The smallest absolute Gasteiger partial charge is 0.228 e. The van der Waals surface area contributed by atoms with Crippen molar-refractivity contribution in [2.75, 3.05) is 11.4 Å². The summed E-state index contributed by atoms with van der Waals surface area (Å²) in [5, 5.41) is -0.228. The van der Waals surface area contributed by atoms with Gasteiger partial charge in [-0.2, -0.15) is 0 Å². The van der Waals surface area contributed by atoms with E-state index in [2.05, 4.69) is 15.9 Å². The lowest BCUT2D eigenvalue weighted by molar-refractivity contribution is -0.117. The second-order valence-electron chi connectivity index (χ2n) is 4.13. The zero-order valence-corrected chi connectivity index (χ0v) is 13.1. The fourth-order valence-corrected chi connectivity index (χ4v) is 3.33. The number of benzene rings is 1. The highest BCUT2D eigenvalue weighted by Crippen LogP contribution is 2.35. The monoisotopic (exact) mass is 365 g/mol. The van der Waals surface area contributed by atoms with Gasteiger partial charge in [-0.1, -0.05) is 23.4 Å². The van der Waals surface area contributed by atoms with E-state index in [4.69, 9.17) is 11.6 Å². The molecule has 0 aromatic heterocycles. The average Bonchev–Trinajstić information content (AvgIpc) is 2.66. The number of amides is 1. The Balaban J connectivity index is 2.26. The van der Waals surface area contributed by atoms with Gasteiger partial charge in [-0.15, -0.1) is 0 Å². The molecule has 1 atom stereocenters. The van der Waals surface area contributed by atoms with Crippen LogP contribution in [0.2, 0.25) is 5.02 Å². The van der Waals surface area contributed by atoms with E-state index in [1.165, 1.54) is 17.9 Å². The molecule has 7 heteroatoms. The summed E-state index contributed by atoms with van der Waals surface area (Å²) in [7, 11) is 0. The van der Waals surface area contributed by atoms with Gasteiger partial charge in [0.25, 0.3) is 0 Å². The zero-order valence-electron chi connectivity index (χ0n) is 9.95. The summed E-state index contributed by atoms with van der Waals surface area (Å²) in [6.07, 6.45) is 0.234. The molecule has 2 rings (SSSR count). The van der Waals surface area contributed by atoms with E-state index in [9.17, 15) is 14.0 Å². The first-order valence-corrected chi connectivity index (χ1v) is 7.56. The minimum absolute atomic E-state index is 0.0473. The highest BCUT2D eigenvalue weighted by molar-refractivity contribution is 9.10. The van der Waals surface area contributed by atoms with E-state index in [-0.39, 0.29) is 33.4 Å². The van der Waals surface area contributed by atoms with Crippen LogP contribution in [0.25, 0.3) is 0 Å². The van der Waals surface area contributed by atoms with Crippen molar-refractivity contribution in [1.82, 2.24) is 0 Å². The summed E-state index contributed by atoms with van der Waals surface area (Å²) < 4.78 is 14.5. The number of carbonyl (C=O) groups is 2. The second-order valence-corrected chi connectivity index (χ2v) is 6.84. The Bertz CT molecular complexity index is 555. The fourth-order valence-electron chi connectivity index (χ4n) is 1.95. The van der Waals surface area contributed by atoms with Crippen molar-refractivity contribution in [1.29, 1.82) is 0 Å². The number of halogens is 3. The number of nitrogens with zero attached hydrogens (tertiary/aromatic N) is 1. The predicted molar refractivity (Wildman–Crippen MR) is 78.1 cm³/mol. The molecule has 0 bridgehead atoms. The van der Waals surface area contributed by atoms with E-state index in [1.54, 1.807) is 6.07 Å². The quantitative estimate of drug-likeness (QED) is 0.750. The number of rotatable bonds is 2. The Morgan fingerprint density at radius 1 is 1.58 bits per heavy atom. The van der Waals surface area contributed by atoms with Crippen LogP contribution in [0.3, 0.4) is 0 Å². The van der Waals surface area contributed by atoms with Crippen molar-refractivity contribution < 1.29 is 14.0 Å². The predicted octanol–water partition coefficient (Wildman–Crippen LogP) is 3.63. The van der Waals surface area contributed by atoms with Crippen LogP contribution in [0.5, 0.6) is 0 Å². The highest BCUT2D eigenvalue weighted by atomic mass is 79.9. The topological polar surface area (TPSA) is 37.4 Å². The number of carbonyl (C=O) groups excluding carboxylic acids is 2. The molecule has 0 spiro atoms. The third-order valence-corrected chi connectivity index (χ3v) is 4.97. The first kappa shape index (κ1) is 14.8. The molecule has 1 aromatic rings. The fraction of sp³-hybridized carbons (Fsp3) is 0.333. The maximum Gasteiger partial charge on any atom is 0.228 e. The average molecular weight is 367 g/mol. The number of hydrogen-bond donors (Lipinski definition) is 0. The first-order chi connectivity index (χ1) is 8.90. The summed E-state index contributed by atoms with van der Waals surface area (Å²) in [6.45, 7) is 1.77. The molecular weight excluding hydrogens is 357 g/mol. The number of thioether (sulfide) groups is 1. The SMILES string of the molecule is CC(=O)SC1CC(=O)N(c2ccc(Br)c(Cl)c2F)C1. The van der Waals surface area contributed by atoms with Gasteiger partial charge in [0.15, 0.2) is 10.9 Å². The molecule has 0 aliphatic carbocycles. The van der Waals surface area contributed by atoms with Crippen molar-refractivity contribution in [3.8, 4) is 0 Å². The summed E-state index contributed by atoms with van der Waals surface area (Å²) in [6, 6.07) is 3.10. The van der Waals surface area contributed by atoms with Gasteiger partial charge in [-0.3, -0.25) is 9.59 Å². The van der Waals surface area contributed by atoms with E-state index >= 15 is 0 Å². The standard InChI is InChI=1S/C12H10BrClFNO2S/c1-6(17)19-7-4-10(18)16(5-7)9-3-2-8(13)11(14)12(9)15/h2-3,7H,4-5H2,1H3. The minimum atomic E-state index is -0.627. The number of hydrogen-bond acceptors (Lipinski definition) is 3. The minimum Gasteiger partial charge on any atom is -0.308 e. The molecule has 3 nitrogen and oxygen atoms in total. The molecule has 0 saturated carbocycles. The maximum atomic E-state index is 14.0. The Hall–Kier alpha value is -0.590. The Morgan fingerprint density at radius 2 is 2.26 bits per heavy atom. The van der Waals surface area contributed by atoms with Crippen LogP contribution >= 0.6 is 39.3 Å². The van der Waals surface area contributed by atoms with E-state index < -0.39 is 5.82 Å². The molecule has 102 valence electrons. The molecule has 1 aromatic carbocycles. The third kappa shape index (κ3) is 3.12. The normalized spacial score (nSPS) is 19.1. The lowest BCUT2D eigenvalue weighted by atomic mass is 10.3. The van der Waals surface area contributed by atoms with Gasteiger partial charge in [0.1, 0.15) is 0 Å². The van der Waals surface area contributed by atoms with E-state index in [1.807, 2.05) is 0 Å². The molecule has 1 fully saturated rings. The molecule has 1 heterocycles. The Labute approximate surface area is 127 Å². The van der Waals surface area contributed by atoms with Gasteiger partial charge in [-0.05, 0) is 28.1 Å². The molecule has 19 heavy (non-hydrogen) atoms. The van der Waals surface area contributed by atoms with Crippen molar-refractivity contribution in [2.45, 2.75) is 18.6 Å². The molecular formula is C12H10BrClFNO2S. The van der Waals surface area contributed by atoms with Gasteiger partial charge in [0, 0.05) is 29.6 Å². The van der Waals surface area contributed by atoms with Crippen molar-refractivity contribution >= 4 is 56.0 Å². The Morgan fingerprint density at radius 3 is 2.89 bits per heavy atom. The van der Waals surface area contributed by atoms with Crippen LogP contribution in [0.15, 0.2) is 16.6 Å². The molecule has 1 unspecified atom stereocenters. The van der Waals surface area contributed by atoms with Gasteiger partial charge >= 0.3 is 0 Å². The molecule has 1 aliphatic rings. The van der Waals surface area contributed by atoms with Crippen molar-refractivity contribution in [3.63, 3.8) is 0 Å². The van der Waals surface area contributed by atoms with Gasteiger partial charge in [0.2, 0.25) is 5.91 Å². The van der Waals surface area contributed by atoms with Crippen LogP contribution in [0.4, 0.5) is 10.1 Å².